The van der Waals surface area contributed by atoms with Crippen molar-refractivity contribution in [1.82, 2.24) is 9.55 Å². The van der Waals surface area contributed by atoms with Crippen molar-refractivity contribution in [2.24, 2.45) is 0 Å². The summed E-state index contributed by atoms with van der Waals surface area (Å²) in [5.41, 5.74) is 4.76. The van der Waals surface area contributed by atoms with Crippen molar-refractivity contribution in [2.75, 3.05) is 18.2 Å². The number of carbonyl (C=O) groups excluding carboxylic acids is 1. The lowest BCUT2D eigenvalue weighted by Crippen LogP contribution is -2.31. The van der Waals surface area contributed by atoms with Gasteiger partial charge in [0.1, 0.15) is 29.3 Å². The van der Waals surface area contributed by atoms with E-state index in [1.54, 1.807) is 0 Å². The van der Waals surface area contributed by atoms with E-state index in [1.165, 1.54) is 37.4 Å². The van der Waals surface area contributed by atoms with Crippen molar-refractivity contribution in [2.45, 2.75) is 0 Å². The Hall–Kier alpha value is -3.10. The van der Waals surface area contributed by atoms with Crippen molar-refractivity contribution < 1.29 is 13.9 Å². The van der Waals surface area contributed by atoms with Crippen LogP contribution >= 0.6 is 23.2 Å². The Bertz CT molecular complexity index is 1110. The molecular weight excluding hydrogens is 410 g/mol. The van der Waals surface area contributed by atoms with Crippen LogP contribution in [0.4, 0.5) is 15.9 Å². The van der Waals surface area contributed by atoms with Gasteiger partial charge in [-0.2, -0.15) is 0 Å². The molecule has 0 unspecified atom stereocenters. The molecule has 2 aromatic carbocycles. The number of nitrogens with two attached hydrogens (primary N) is 1. The summed E-state index contributed by atoms with van der Waals surface area (Å²) in [5.74, 6) is -1.31. The van der Waals surface area contributed by atoms with Crippen molar-refractivity contribution in [3.8, 4) is 11.4 Å². The zero-order valence-electron chi connectivity index (χ0n) is 14.4. The van der Waals surface area contributed by atoms with E-state index in [1.807, 2.05) is 0 Å². The van der Waals surface area contributed by atoms with E-state index in [2.05, 4.69) is 10.3 Å². The molecule has 28 heavy (non-hydrogen) atoms. The molecule has 0 saturated heterocycles. The third-order valence-corrected chi connectivity index (χ3v) is 4.35. The number of amides is 1. The lowest BCUT2D eigenvalue weighted by Gasteiger charge is -2.14. The van der Waals surface area contributed by atoms with Gasteiger partial charge < -0.3 is 15.8 Å². The first-order valence-corrected chi connectivity index (χ1v) is 8.55. The average molecular weight is 423 g/mol. The number of nitrogens with zero attached hydrogens (tertiary/aromatic N) is 2. The lowest BCUT2D eigenvalue weighted by atomic mass is 10.2. The third-order valence-electron chi connectivity index (χ3n) is 3.78. The molecule has 1 amide bonds. The molecule has 7 nitrogen and oxygen atoms in total. The number of ether oxygens (including phenoxy) is 1. The summed E-state index contributed by atoms with van der Waals surface area (Å²) in [6.07, 6.45) is 1.11. The van der Waals surface area contributed by atoms with E-state index in [0.717, 1.165) is 17.0 Å². The van der Waals surface area contributed by atoms with Crippen LogP contribution in [0.5, 0.6) is 5.75 Å². The Morgan fingerprint density at radius 1 is 1.25 bits per heavy atom. The van der Waals surface area contributed by atoms with E-state index < -0.39 is 22.8 Å². The predicted molar refractivity (Wildman–Crippen MR) is 105 cm³/mol. The molecule has 1 aromatic heterocycles. The van der Waals surface area contributed by atoms with Crippen LogP contribution in [-0.2, 0) is 0 Å². The van der Waals surface area contributed by atoms with Crippen LogP contribution in [0.2, 0.25) is 10.0 Å². The highest BCUT2D eigenvalue weighted by Crippen LogP contribution is 2.32. The van der Waals surface area contributed by atoms with E-state index in [0.29, 0.717) is 5.75 Å². The minimum absolute atomic E-state index is 0.106. The van der Waals surface area contributed by atoms with Gasteiger partial charge in [0, 0.05) is 17.8 Å². The highest BCUT2D eigenvalue weighted by Gasteiger charge is 2.21. The minimum Gasteiger partial charge on any atom is -0.497 e. The number of aromatic nitrogens is 2. The number of halogens is 3. The fourth-order valence-corrected chi connectivity index (χ4v) is 3.14. The summed E-state index contributed by atoms with van der Waals surface area (Å²) in [6.45, 7) is 0. The van der Waals surface area contributed by atoms with Crippen LogP contribution in [0.15, 0.2) is 47.5 Å². The topological polar surface area (TPSA) is 99.2 Å². The van der Waals surface area contributed by atoms with E-state index in [-0.39, 0.29) is 27.2 Å². The van der Waals surface area contributed by atoms with Gasteiger partial charge in [-0.15, -0.1) is 0 Å². The van der Waals surface area contributed by atoms with Gasteiger partial charge in [-0.1, -0.05) is 29.3 Å². The Kier molecular flexibility index (Phi) is 5.53. The minimum atomic E-state index is -0.851. The Balaban J connectivity index is 2.09. The molecule has 0 fully saturated rings. The van der Waals surface area contributed by atoms with Gasteiger partial charge in [-0.3, -0.25) is 14.2 Å². The van der Waals surface area contributed by atoms with Crippen LogP contribution in [-0.4, -0.2) is 22.6 Å². The molecule has 3 N–H and O–H groups in total. The normalized spacial score (nSPS) is 10.6. The molecule has 0 spiro atoms. The van der Waals surface area contributed by atoms with Crippen LogP contribution in [0.1, 0.15) is 10.4 Å². The van der Waals surface area contributed by atoms with Gasteiger partial charge in [0.15, 0.2) is 0 Å². The highest BCUT2D eigenvalue weighted by molar-refractivity contribution is 6.38. The summed E-state index contributed by atoms with van der Waals surface area (Å²) >= 11 is 12.4. The van der Waals surface area contributed by atoms with Gasteiger partial charge in [-0.05, 0) is 18.2 Å². The van der Waals surface area contributed by atoms with Crippen molar-refractivity contribution in [3.63, 3.8) is 0 Å². The second kappa shape index (κ2) is 7.87. The lowest BCUT2D eigenvalue weighted by molar-refractivity contribution is 0.102. The number of nitrogen functional groups attached to an aromatic ring is 1. The Labute approximate surface area is 168 Å². The molecule has 0 bridgehead atoms. The number of nitrogens with one attached hydrogen (secondary N) is 1. The van der Waals surface area contributed by atoms with Crippen molar-refractivity contribution >= 4 is 40.6 Å². The third kappa shape index (κ3) is 3.78. The maximum Gasteiger partial charge on any atom is 0.273 e. The maximum atomic E-state index is 13.3. The maximum absolute atomic E-state index is 13.3. The SMILES string of the molecule is COc1cc(Cl)c(-n2cnc(N)c(C(=O)Nc3cccc(F)c3)c2=O)c(Cl)c1. The second-order valence-electron chi connectivity index (χ2n) is 5.58. The first-order chi connectivity index (χ1) is 13.3. The van der Waals surface area contributed by atoms with Crippen molar-refractivity contribution in [3.05, 3.63) is 74.5 Å². The molecule has 0 aliphatic heterocycles. The smallest absolute Gasteiger partial charge is 0.273 e. The monoisotopic (exact) mass is 422 g/mol. The Morgan fingerprint density at radius 2 is 1.93 bits per heavy atom. The predicted octanol–water partition coefficient (Wildman–Crippen LogP) is 3.52. The van der Waals surface area contributed by atoms with Crippen molar-refractivity contribution in [1.29, 1.82) is 0 Å². The first kappa shape index (κ1) is 19.7. The summed E-state index contributed by atoms with van der Waals surface area (Å²) in [4.78, 5) is 29.4. The van der Waals surface area contributed by atoms with Crippen LogP contribution in [0.25, 0.3) is 5.69 Å². The van der Waals surface area contributed by atoms with Crippen LogP contribution in [0, 0.1) is 5.82 Å². The molecule has 0 saturated carbocycles. The zero-order chi connectivity index (χ0) is 20.4. The zero-order valence-corrected chi connectivity index (χ0v) is 15.9. The molecule has 0 aliphatic carbocycles. The number of hydrogen-bond donors (Lipinski definition) is 2. The molecule has 3 rings (SSSR count). The number of carbonyl (C=O) groups is 1. The summed E-state index contributed by atoms with van der Waals surface area (Å²) in [6, 6.07) is 8.10. The number of methoxy groups -OCH3 is 1. The standard InChI is InChI=1S/C18H13Cl2FN4O3/c1-28-11-6-12(19)15(13(20)7-11)25-8-23-16(22)14(18(25)27)17(26)24-10-4-2-3-9(21)5-10/h2-8H,22H2,1H3,(H,24,26). The van der Waals surface area contributed by atoms with Gasteiger partial charge in [0.25, 0.3) is 11.5 Å². The Morgan fingerprint density at radius 3 is 2.54 bits per heavy atom. The summed E-state index contributed by atoms with van der Waals surface area (Å²) in [5, 5.41) is 2.62. The quantitative estimate of drug-likeness (QED) is 0.669. The molecule has 144 valence electrons. The molecule has 1 heterocycles. The average Bonchev–Trinajstić information content (AvgIpc) is 2.62. The number of hydrogen-bond acceptors (Lipinski definition) is 5. The van der Waals surface area contributed by atoms with Gasteiger partial charge >= 0.3 is 0 Å². The molecule has 0 aliphatic rings. The summed E-state index contributed by atoms with van der Waals surface area (Å²) in [7, 11) is 1.44. The van der Waals surface area contributed by atoms with E-state index >= 15 is 0 Å². The van der Waals surface area contributed by atoms with Crippen LogP contribution in [0.3, 0.4) is 0 Å². The number of anilines is 2. The first-order valence-electron chi connectivity index (χ1n) is 7.79. The van der Waals surface area contributed by atoms with E-state index in [9.17, 15) is 14.0 Å². The number of rotatable bonds is 4. The highest BCUT2D eigenvalue weighted by atomic mass is 35.5. The largest absolute Gasteiger partial charge is 0.497 e. The molecular formula is C18H13Cl2FN4O3. The van der Waals surface area contributed by atoms with Crippen LogP contribution < -0.4 is 21.3 Å². The molecule has 0 atom stereocenters. The molecule has 10 heteroatoms. The molecule has 0 radical (unpaired) electrons. The fraction of sp³-hybridized carbons (Fsp3) is 0.0556. The van der Waals surface area contributed by atoms with Gasteiger partial charge in [0.05, 0.1) is 22.8 Å². The van der Waals surface area contributed by atoms with Gasteiger partial charge in [0.2, 0.25) is 0 Å². The number of benzene rings is 2. The second-order valence-corrected chi connectivity index (χ2v) is 6.40. The van der Waals surface area contributed by atoms with Gasteiger partial charge in [-0.25, -0.2) is 9.37 Å². The summed E-state index contributed by atoms with van der Waals surface area (Å²) < 4.78 is 19.4. The van der Waals surface area contributed by atoms with E-state index in [4.69, 9.17) is 33.7 Å². The fourth-order valence-electron chi connectivity index (χ4n) is 2.49. The molecule has 3 aromatic rings.